The average Bonchev–Trinajstić information content (AvgIpc) is 3.65. The fraction of sp³-hybridized carbons (Fsp3) is 0. The van der Waals surface area contributed by atoms with Gasteiger partial charge in [0.05, 0.1) is 0 Å². The van der Waals surface area contributed by atoms with E-state index in [4.69, 9.17) is 14.4 Å². The first-order chi connectivity index (χ1) is 28.0. The van der Waals surface area contributed by atoms with Crippen LogP contribution in [0.3, 0.4) is 0 Å². The van der Waals surface area contributed by atoms with Gasteiger partial charge in [-0.25, -0.2) is 9.98 Å². The molecule has 9 aromatic rings. The van der Waals surface area contributed by atoms with Crippen LogP contribution in [0.25, 0.3) is 66.4 Å². The molecule has 1 heterocycles. The molecular formula is C51H35N3O3. The normalized spacial score (nSPS) is 11.8. The Morgan fingerprint density at radius 1 is 0.509 bits per heavy atom. The van der Waals surface area contributed by atoms with Gasteiger partial charge in [0, 0.05) is 33.7 Å². The number of aromatic hydroxyl groups is 2. The predicted molar refractivity (Wildman–Crippen MR) is 233 cm³/mol. The van der Waals surface area contributed by atoms with Gasteiger partial charge in [-0.05, 0) is 87.0 Å². The summed E-state index contributed by atoms with van der Waals surface area (Å²) in [6.45, 7) is 0. The lowest BCUT2D eigenvalue weighted by molar-refractivity contribution is 0.475. The number of amidine groups is 2. The highest BCUT2D eigenvalue weighted by Gasteiger charge is 2.20. The number of phenolic OH excluding ortho intramolecular Hbond substituents is 2. The van der Waals surface area contributed by atoms with E-state index in [0.29, 0.717) is 22.6 Å². The van der Waals surface area contributed by atoms with Gasteiger partial charge in [0.1, 0.15) is 22.7 Å². The third-order valence-electron chi connectivity index (χ3n) is 10.1. The number of phenols is 2. The van der Waals surface area contributed by atoms with Gasteiger partial charge in [0.2, 0.25) is 0 Å². The third-order valence-corrected chi connectivity index (χ3v) is 10.1. The Labute approximate surface area is 329 Å². The third kappa shape index (κ3) is 7.23. The van der Waals surface area contributed by atoms with Crippen molar-refractivity contribution in [3.05, 3.63) is 205 Å². The maximum atomic E-state index is 9.83. The lowest BCUT2D eigenvalue weighted by Gasteiger charge is -2.11. The van der Waals surface area contributed by atoms with E-state index in [1.54, 1.807) is 30.5 Å². The Balaban J connectivity index is 1.19. The summed E-state index contributed by atoms with van der Waals surface area (Å²) in [5.74, 6) is 0.952. The molecule has 0 unspecified atom stereocenters. The van der Waals surface area contributed by atoms with Crippen LogP contribution < -0.4 is 0 Å². The summed E-state index contributed by atoms with van der Waals surface area (Å²) in [6.07, 6.45) is 1.77. The number of nitrogens with one attached hydrogen (secondary N) is 1. The molecule has 8 aromatic carbocycles. The summed E-state index contributed by atoms with van der Waals surface area (Å²) < 4.78 is 6.71. The number of hydrogen-bond donors (Lipinski definition) is 3. The van der Waals surface area contributed by atoms with Crippen LogP contribution in [-0.4, -0.2) is 28.1 Å². The molecule has 0 radical (unpaired) electrons. The van der Waals surface area contributed by atoms with E-state index in [1.807, 2.05) is 103 Å². The van der Waals surface area contributed by atoms with Crippen molar-refractivity contribution in [3.8, 4) is 56.0 Å². The number of rotatable bonds is 7. The lowest BCUT2D eigenvalue weighted by Crippen LogP contribution is -2.05. The van der Waals surface area contributed by atoms with E-state index >= 15 is 0 Å². The lowest BCUT2D eigenvalue weighted by atomic mass is 9.93. The molecule has 0 atom stereocenters. The quantitative estimate of drug-likeness (QED) is 0.112. The number of aliphatic imine (C=N–C) groups is 2. The molecule has 3 N–H and O–H groups in total. The van der Waals surface area contributed by atoms with Crippen molar-refractivity contribution < 1.29 is 14.6 Å². The van der Waals surface area contributed by atoms with Gasteiger partial charge >= 0.3 is 0 Å². The van der Waals surface area contributed by atoms with Crippen molar-refractivity contribution in [1.29, 1.82) is 5.41 Å². The van der Waals surface area contributed by atoms with Crippen LogP contribution in [0.5, 0.6) is 11.5 Å². The summed E-state index contributed by atoms with van der Waals surface area (Å²) in [7, 11) is 0. The van der Waals surface area contributed by atoms with Crippen LogP contribution in [0.4, 0.5) is 0 Å². The van der Waals surface area contributed by atoms with E-state index in [9.17, 15) is 15.6 Å². The predicted octanol–water partition coefficient (Wildman–Crippen LogP) is 12.6. The van der Waals surface area contributed by atoms with Crippen LogP contribution in [-0.2, 0) is 0 Å². The molecule has 0 spiro atoms. The minimum Gasteiger partial charge on any atom is -0.508 e. The minimum absolute atomic E-state index is 0.0656. The smallest absolute Gasteiger partial charge is 0.161 e. The first kappa shape index (κ1) is 34.9. The first-order valence-electron chi connectivity index (χ1n) is 18.6. The highest BCUT2D eigenvalue weighted by atomic mass is 16.3. The summed E-state index contributed by atoms with van der Waals surface area (Å²) in [6, 6.07) is 60.7. The summed E-state index contributed by atoms with van der Waals surface area (Å²) >= 11 is 0. The maximum absolute atomic E-state index is 9.83. The minimum atomic E-state index is 0.0656. The van der Waals surface area contributed by atoms with E-state index in [1.165, 1.54) is 0 Å². The Hall–Kier alpha value is -7.83. The van der Waals surface area contributed by atoms with Gasteiger partial charge in [-0.2, -0.15) is 0 Å². The molecule has 0 bridgehead atoms. The zero-order valence-electron chi connectivity index (χ0n) is 30.7. The monoisotopic (exact) mass is 737 g/mol. The molecule has 0 saturated carbocycles. The molecular weight excluding hydrogens is 703 g/mol. The second kappa shape index (κ2) is 15.1. The van der Waals surface area contributed by atoms with E-state index < -0.39 is 0 Å². The summed E-state index contributed by atoms with van der Waals surface area (Å²) in [5.41, 5.74) is 11.7. The molecule has 0 aliphatic carbocycles. The number of fused-ring (bicyclic) bond motifs is 3. The van der Waals surface area contributed by atoms with Gasteiger partial charge in [-0.1, -0.05) is 146 Å². The molecule has 0 aliphatic heterocycles. The average molecular weight is 738 g/mol. The highest BCUT2D eigenvalue weighted by molar-refractivity contribution is 6.22. The van der Waals surface area contributed by atoms with E-state index in [-0.39, 0.29) is 17.3 Å². The molecule has 0 amide bonds. The van der Waals surface area contributed by atoms with Gasteiger partial charge in [-0.3, -0.25) is 5.41 Å². The standard InChI is InChI=1S/C51H35N3O3/c52-50(54-51(40-10-5-2-6-11-40)53-32-33-8-3-1-4-9-33)44-12-7-13-47-48(44)46-31-41(38-16-14-34(15-17-38)36-22-26-42(55)27-23-36)30-45(49(46)57-47)39-20-18-35(19-21-39)37-24-28-43(56)29-25-37/h1-32,52,55-56H. The van der Waals surface area contributed by atoms with Gasteiger partial charge in [0.15, 0.2) is 11.7 Å². The molecule has 0 saturated heterocycles. The molecule has 57 heavy (non-hydrogen) atoms. The Morgan fingerprint density at radius 2 is 1.02 bits per heavy atom. The molecule has 272 valence electrons. The van der Waals surface area contributed by atoms with Crippen molar-refractivity contribution in [1.82, 2.24) is 0 Å². The Bertz CT molecular complexity index is 2930. The summed E-state index contributed by atoms with van der Waals surface area (Å²) in [5, 5.41) is 30.7. The molecule has 6 heteroatoms. The Morgan fingerprint density at radius 3 is 1.60 bits per heavy atom. The topological polar surface area (TPSA) is 102 Å². The maximum Gasteiger partial charge on any atom is 0.161 e. The largest absolute Gasteiger partial charge is 0.508 e. The van der Waals surface area contributed by atoms with Crippen LogP contribution in [0.1, 0.15) is 16.7 Å². The van der Waals surface area contributed by atoms with Gasteiger partial charge < -0.3 is 14.6 Å². The van der Waals surface area contributed by atoms with Crippen LogP contribution >= 0.6 is 0 Å². The molecule has 0 aliphatic rings. The van der Waals surface area contributed by atoms with Crippen molar-refractivity contribution in [3.63, 3.8) is 0 Å². The fourth-order valence-corrected chi connectivity index (χ4v) is 7.11. The van der Waals surface area contributed by atoms with Crippen molar-refractivity contribution in [2.45, 2.75) is 0 Å². The first-order valence-corrected chi connectivity index (χ1v) is 18.6. The fourth-order valence-electron chi connectivity index (χ4n) is 7.11. The zero-order chi connectivity index (χ0) is 38.7. The van der Waals surface area contributed by atoms with Gasteiger partial charge in [-0.15, -0.1) is 0 Å². The number of hydrogen-bond acceptors (Lipinski definition) is 4. The van der Waals surface area contributed by atoms with Crippen LogP contribution in [0.15, 0.2) is 202 Å². The zero-order valence-corrected chi connectivity index (χ0v) is 30.7. The number of nitrogens with zero attached hydrogens (tertiary/aromatic N) is 2. The van der Waals surface area contributed by atoms with Crippen LogP contribution in [0.2, 0.25) is 0 Å². The second-order valence-corrected chi connectivity index (χ2v) is 13.7. The van der Waals surface area contributed by atoms with Crippen molar-refractivity contribution in [2.75, 3.05) is 0 Å². The molecule has 0 fully saturated rings. The molecule has 1 aromatic heterocycles. The van der Waals surface area contributed by atoms with Crippen LogP contribution in [0, 0.1) is 5.41 Å². The second-order valence-electron chi connectivity index (χ2n) is 13.7. The molecule has 6 nitrogen and oxygen atoms in total. The SMILES string of the molecule is N=C(N=C(N=Cc1ccccc1)c1ccccc1)c1cccc2oc3c(-c4ccc(-c5ccc(O)cc5)cc4)cc(-c4ccc(-c5ccc(O)cc5)cc4)cc3c12. The van der Waals surface area contributed by atoms with Gasteiger partial charge in [0.25, 0.3) is 0 Å². The summed E-state index contributed by atoms with van der Waals surface area (Å²) in [4.78, 5) is 9.62. The highest BCUT2D eigenvalue weighted by Crippen LogP contribution is 2.42. The number of benzene rings is 8. The molecule has 9 rings (SSSR count). The van der Waals surface area contributed by atoms with Crippen molar-refractivity contribution >= 4 is 39.8 Å². The van der Waals surface area contributed by atoms with Crippen molar-refractivity contribution in [2.24, 2.45) is 9.98 Å². The van der Waals surface area contributed by atoms with E-state index in [0.717, 1.165) is 66.4 Å². The number of furan rings is 1. The Kier molecular flexibility index (Phi) is 9.26. The van der Waals surface area contributed by atoms with E-state index in [2.05, 4.69) is 60.7 Å².